The van der Waals surface area contributed by atoms with Crippen molar-refractivity contribution in [1.82, 2.24) is 5.32 Å². The lowest BCUT2D eigenvalue weighted by Crippen LogP contribution is -2.33. The van der Waals surface area contributed by atoms with Gasteiger partial charge in [0.1, 0.15) is 5.75 Å². The van der Waals surface area contributed by atoms with Crippen LogP contribution in [0.3, 0.4) is 0 Å². The molecule has 0 fully saturated rings. The van der Waals surface area contributed by atoms with Crippen molar-refractivity contribution in [3.63, 3.8) is 0 Å². The highest BCUT2D eigenvalue weighted by Gasteiger charge is 2.13. The van der Waals surface area contributed by atoms with Gasteiger partial charge in [-0.05, 0) is 37.6 Å². The first kappa shape index (κ1) is 15.5. The second kappa shape index (κ2) is 8.53. The second-order valence-corrected chi connectivity index (χ2v) is 4.32. The standard InChI is InChI=1S/C15H23NO3/c1-4-16-13(11-15(17)18-3)10-12-6-8-14(9-7-12)19-5-2/h6-9,13,16H,4-5,10-11H2,1-3H3. The highest BCUT2D eigenvalue weighted by molar-refractivity contribution is 5.70. The zero-order valence-electron chi connectivity index (χ0n) is 11.9. The topological polar surface area (TPSA) is 47.6 Å². The van der Waals surface area contributed by atoms with Crippen LogP contribution in [0.4, 0.5) is 0 Å². The van der Waals surface area contributed by atoms with Crippen LogP contribution >= 0.6 is 0 Å². The molecule has 1 rings (SSSR count). The molecule has 1 atom stereocenters. The van der Waals surface area contributed by atoms with Crippen LogP contribution in [0.25, 0.3) is 0 Å². The Balaban J connectivity index is 2.59. The van der Waals surface area contributed by atoms with Gasteiger partial charge in [-0.15, -0.1) is 0 Å². The second-order valence-electron chi connectivity index (χ2n) is 4.32. The van der Waals surface area contributed by atoms with E-state index in [2.05, 4.69) is 5.32 Å². The molecule has 0 radical (unpaired) electrons. The third-order valence-corrected chi connectivity index (χ3v) is 2.85. The molecule has 4 heteroatoms. The van der Waals surface area contributed by atoms with Crippen molar-refractivity contribution in [3.8, 4) is 5.75 Å². The Kier molecular flexibility index (Phi) is 6.97. The number of methoxy groups -OCH3 is 1. The summed E-state index contributed by atoms with van der Waals surface area (Å²) >= 11 is 0. The number of hydrogen-bond donors (Lipinski definition) is 1. The summed E-state index contributed by atoms with van der Waals surface area (Å²) in [5.41, 5.74) is 1.18. The molecule has 4 nitrogen and oxygen atoms in total. The summed E-state index contributed by atoms with van der Waals surface area (Å²) in [6.45, 7) is 5.49. The van der Waals surface area contributed by atoms with Crippen LogP contribution in [0.5, 0.6) is 5.75 Å². The molecule has 1 N–H and O–H groups in total. The Labute approximate surface area is 115 Å². The van der Waals surface area contributed by atoms with Gasteiger partial charge in [-0.25, -0.2) is 0 Å². The normalized spacial score (nSPS) is 11.9. The van der Waals surface area contributed by atoms with E-state index in [0.717, 1.165) is 18.7 Å². The molecule has 19 heavy (non-hydrogen) atoms. The Morgan fingerprint density at radius 3 is 2.47 bits per heavy atom. The highest BCUT2D eigenvalue weighted by Crippen LogP contribution is 2.14. The molecule has 0 bridgehead atoms. The number of hydrogen-bond acceptors (Lipinski definition) is 4. The van der Waals surface area contributed by atoms with Gasteiger partial charge in [0.15, 0.2) is 0 Å². The smallest absolute Gasteiger partial charge is 0.307 e. The van der Waals surface area contributed by atoms with Crippen molar-refractivity contribution >= 4 is 5.97 Å². The summed E-state index contributed by atoms with van der Waals surface area (Å²) in [4.78, 5) is 11.3. The third kappa shape index (κ3) is 5.75. The van der Waals surface area contributed by atoms with Gasteiger partial charge < -0.3 is 14.8 Å². The lowest BCUT2D eigenvalue weighted by molar-refractivity contribution is -0.141. The van der Waals surface area contributed by atoms with Crippen molar-refractivity contribution in [2.24, 2.45) is 0 Å². The molecule has 1 aromatic carbocycles. The Hall–Kier alpha value is -1.55. The minimum absolute atomic E-state index is 0.107. The maximum atomic E-state index is 11.3. The number of likely N-dealkylation sites (N-methyl/N-ethyl adjacent to an activating group) is 1. The Bertz CT molecular complexity index is 375. The fourth-order valence-corrected chi connectivity index (χ4v) is 1.96. The maximum absolute atomic E-state index is 11.3. The first-order chi connectivity index (χ1) is 9.19. The van der Waals surface area contributed by atoms with Crippen LogP contribution in [0.2, 0.25) is 0 Å². The number of esters is 1. The molecule has 0 heterocycles. The average molecular weight is 265 g/mol. The van der Waals surface area contributed by atoms with Crippen LogP contribution in [-0.4, -0.2) is 32.3 Å². The summed E-state index contributed by atoms with van der Waals surface area (Å²) in [5.74, 6) is 0.691. The van der Waals surface area contributed by atoms with E-state index < -0.39 is 0 Å². The molecule has 1 unspecified atom stereocenters. The third-order valence-electron chi connectivity index (χ3n) is 2.85. The van der Waals surface area contributed by atoms with Crippen molar-refractivity contribution in [1.29, 1.82) is 0 Å². The van der Waals surface area contributed by atoms with Crippen LogP contribution in [-0.2, 0) is 16.0 Å². The van der Waals surface area contributed by atoms with Gasteiger partial charge >= 0.3 is 5.97 Å². The molecular formula is C15H23NO3. The Morgan fingerprint density at radius 1 is 1.26 bits per heavy atom. The van der Waals surface area contributed by atoms with E-state index in [0.29, 0.717) is 13.0 Å². The number of nitrogens with one attached hydrogen (secondary N) is 1. The number of carbonyl (C=O) groups is 1. The molecule has 0 spiro atoms. The molecule has 0 aromatic heterocycles. The van der Waals surface area contributed by atoms with Gasteiger partial charge in [-0.3, -0.25) is 4.79 Å². The van der Waals surface area contributed by atoms with Gasteiger partial charge in [0.05, 0.1) is 20.1 Å². The summed E-state index contributed by atoms with van der Waals surface area (Å²) < 4.78 is 10.1. The van der Waals surface area contributed by atoms with Gasteiger partial charge in [0, 0.05) is 6.04 Å². The first-order valence-corrected chi connectivity index (χ1v) is 6.71. The number of benzene rings is 1. The summed E-state index contributed by atoms with van der Waals surface area (Å²) in [7, 11) is 1.42. The molecule has 0 aliphatic rings. The van der Waals surface area contributed by atoms with E-state index in [1.807, 2.05) is 38.1 Å². The lowest BCUT2D eigenvalue weighted by atomic mass is 10.0. The van der Waals surface area contributed by atoms with Crippen molar-refractivity contribution in [3.05, 3.63) is 29.8 Å². The van der Waals surface area contributed by atoms with Crippen LogP contribution in [0, 0.1) is 0 Å². The molecule has 0 saturated carbocycles. The monoisotopic (exact) mass is 265 g/mol. The zero-order valence-corrected chi connectivity index (χ0v) is 11.9. The minimum Gasteiger partial charge on any atom is -0.494 e. The molecule has 0 saturated heterocycles. The summed E-state index contributed by atoms with van der Waals surface area (Å²) in [5, 5.41) is 3.30. The molecule has 0 aliphatic heterocycles. The first-order valence-electron chi connectivity index (χ1n) is 6.71. The maximum Gasteiger partial charge on any atom is 0.307 e. The van der Waals surface area contributed by atoms with Crippen LogP contribution < -0.4 is 10.1 Å². The lowest BCUT2D eigenvalue weighted by Gasteiger charge is -2.16. The van der Waals surface area contributed by atoms with Crippen molar-refractivity contribution < 1.29 is 14.3 Å². The van der Waals surface area contributed by atoms with E-state index in [1.54, 1.807) is 0 Å². The van der Waals surface area contributed by atoms with E-state index in [1.165, 1.54) is 12.7 Å². The van der Waals surface area contributed by atoms with Crippen LogP contribution in [0.15, 0.2) is 24.3 Å². The van der Waals surface area contributed by atoms with E-state index in [9.17, 15) is 4.79 Å². The SMILES string of the molecule is CCNC(CC(=O)OC)Cc1ccc(OCC)cc1. The van der Waals surface area contributed by atoms with E-state index >= 15 is 0 Å². The van der Waals surface area contributed by atoms with E-state index in [-0.39, 0.29) is 12.0 Å². The minimum atomic E-state index is -0.183. The zero-order chi connectivity index (χ0) is 14.1. The summed E-state index contributed by atoms with van der Waals surface area (Å²) in [6.07, 6.45) is 1.19. The van der Waals surface area contributed by atoms with Gasteiger partial charge in [-0.1, -0.05) is 19.1 Å². The van der Waals surface area contributed by atoms with Crippen LogP contribution in [0.1, 0.15) is 25.8 Å². The van der Waals surface area contributed by atoms with Crippen molar-refractivity contribution in [2.45, 2.75) is 32.7 Å². The highest BCUT2D eigenvalue weighted by atomic mass is 16.5. The van der Waals surface area contributed by atoms with Gasteiger partial charge in [0.25, 0.3) is 0 Å². The molecule has 1 aromatic rings. The molecule has 106 valence electrons. The number of ether oxygens (including phenoxy) is 2. The number of rotatable bonds is 8. The Morgan fingerprint density at radius 2 is 1.95 bits per heavy atom. The fourth-order valence-electron chi connectivity index (χ4n) is 1.96. The van der Waals surface area contributed by atoms with Crippen molar-refractivity contribution in [2.75, 3.05) is 20.3 Å². The predicted molar refractivity (Wildman–Crippen MR) is 75.4 cm³/mol. The number of carbonyl (C=O) groups excluding carboxylic acids is 1. The quantitative estimate of drug-likeness (QED) is 0.732. The van der Waals surface area contributed by atoms with Gasteiger partial charge in [-0.2, -0.15) is 0 Å². The molecular weight excluding hydrogens is 242 g/mol. The molecule has 0 amide bonds. The summed E-state index contributed by atoms with van der Waals surface area (Å²) in [6, 6.07) is 8.09. The largest absolute Gasteiger partial charge is 0.494 e. The fraction of sp³-hybridized carbons (Fsp3) is 0.533. The van der Waals surface area contributed by atoms with Gasteiger partial charge in [0.2, 0.25) is 0 Å². The van der Waals surface area contributed by atoms with E-state index in [4.69, 9.17) is 9.47 Å². The average Bonchev–Trinajstić information content (AvgIpc) is 2.41. The predicted octanol–water partition coefficient (Wildman–Crippen LogP) is 2.17. The molecule has 0 aliphatic carbocycles.